The predicted octanol–water partition coefficient (Wildman–Crippen LogP) is 1.45. The van der Waals surface area contributed by atoms with E-state index < -0.39 is 0 Å². The molecule has 20 heavy (non-hydrogen) atoms. The second-order valence-corrected chi connectivity index (χ2v) is 4.81. The highest BCUT2D eigenvalue weighted by Gasteiger charge is 2.21. The van der Waals surface area contributed by atoms with Crippen molar-refractivity contribution in [2.45, 2.75) is 25.9 Å². The molecule has 0 saturated carbocycles. The third-order valence-corrected chi connectivity index (χ3v) is 3.31. The Balaban J connectivity index is 1.78. The van der Waals surface area contributed by atoms with Gasteiger partial charge in [0.05, 0.1) is 12.7 Å². The molecule has 0 radical (unpaired) electrons. The highest BCUT2D eigenvalue weighted by Crippen LogP contribution is 2.18. The summed E-state index contributed by atoms with van der Waals surface area (Å²) in [5, 5.41) is 9.41. The van der Waals surface area contributed by atoms with E-state index in [1.165, 1.54) is 0 Å². The van der Waals surface area contributed by atoms with Crippen molar-refractivity contribution in [2.24, 2.45) is 0 Å². The van der Waals surface area contributed by atoms with Gasteiger partial charge in [-0.3, -0.25) is 4.79 Å². The van der Waals surface area contributed by atoms with E-state index in [1.54, 1.807) is 17.0 Å². The SMILES string of the molecule is CCOc1ccc(OCC(=O)N2CCC(O)CC2)cc1. The van der Waals surface area contributed by atoms with Gasteiger partial charge in [-0.15, -0.1) is 0 Å². The van der Waals surface area contributed by atoms with Crippen LogP contribution in [0.15, 0.2) is 24.3 Å². The zero-order valence-electron chi connectivity index (χ0n) is 11.7. The Morgan fingerprint density at radius 3 is 2.30 bits per heavy atom. The first-order valence-electron chi connectivity index (χ1n) is 7.00. The molecule has 1 aromatic carbocycles. The second-order valence-electron chi connectivity index (χ2n) is 4.81. The van der Waals surface area contributed by atoms with Crippen LogP contribution in [-0.4, -0.2) is 48.3 Å². The van der Waals surface area contributed by atoms with Gasteiger partial charge in [-0.1, -0.05) is 0 Å². The number of nitrogens with zero attached hydrogens (tertiary/aromatic N) is 1. The monoisotopic (exact) mass is 279 g/mol. The van der Waals surface area contributed by atoms with Crippen molar-refractivity contribution >= 4 is 5.91 Å². The Kier molecular flexibility index (Phi) is 5.24. The van der Waals surface area contributed by atoms with Gasteiger partial charge in [0.15, 0.2) is 6.61 Å². The number of hydrogen-bond acceptors (Lipinski definition) is 4. The van der Waals surface area contributed by atoms with Crippen LogP contribution in [0.5, 0.6) is 11.5 Å². The molecular weight excluding hydrogens is 258 g/mol. The lowest BCUT2D eigenvalue weighted by Gasteiger charge is -2.29. The molecule has 0 atom stereocenters. The quantitative estimate of drug-likeness (QED) is 0.886. The van der Waals surface area contributed by atoms with Gasteiger partial charge < -0.3 is 19.5 Å². The van der Waals surface area contributed by atoms with Crippen molar-refractivity contribution in [1.29, 1.82) is 0 Å². The Morgan fingerprint density at radius 2 is 1.75 bits per heavy atom. The molecule has 0 aliphatic carbocycles. The predicted molar refractivity (Wildman–Crippen MR) is 74.9 cm³/mol. The molecule has 1 N–H and O–H groups in total. The summed E-state index contributed by atoms with van der Waals surface area (Å²) in [4.78, 5) is 13.7. The van der Waals surface area contributed by atoms with Crippen LogP contribution >= 0.6 is 0 Å². The molecule has 110 valence electrons. The van der Waals surface area contributed by atoms with Crippen LogP contribution < -0.4 is 9.47 Å². The van der Waals surface area contributed by atoms with Gasteiger partial charge in [0, 0.05) is 13.1 Å². The van der Waals surface area contributed by atoms with Gasteiger partial charge in [-0.05, 0) is 44.0 Å². The van der Waals surface area contributed by atoms with E-state index in [-0.39, 0.29) is 18.6 Å². The summed E-state index contributed by atoms with van der Waals surface area (Å²) >= 11 is 0. The normalized spacial score (nSPS) is 16.0. The van der Waals surface area contributed by atoms with Crippen LogP contribution in [0.2, 0.25) is 0 Å². The molecule has 1 aliphatic heterocycles. The molecule has 5 heteroatoms. The summed E-state index contributed by atoms with van der Waals surface area (Å²) < 4.78 is 10.8. The number of carbonyl (C=O) groups is 1. The Hall–Kier alpha value is -1.75. The van der Waals surface area contributed by atoms with E-state index in [4.69, 9.17) is 9.47 Å². The topological polar surface area (TPSA) is 59.0 Å². The third kappa shape index (κ3) is 4.13. The van der Waals surface area contributed by atoms with Crippen molar-refractivity contribution in [3.8, 4) is 11.5 Å². The first kappa shape index (κ1) is 14.7. The number of carbonyl (C=O) groups excluding carboxylic acids is 1. The number of benzene rings is 1. The maximum absolute atomic E-state index is 11.9. The molecule has 1 aliphatic rings. The minimum Gasteiger partial charge on any atom is -0.494 e. The van der Waals surface area contributed by atoms with E-state index in [2.05, 4.69) is 0 Å². The summed E-state index contributed by atoms with van der Waals surface area (Å²) in [6.07, 6.45) is 1.02. The lowest BCUT2D eigenvalue weighted by Crippen LogP contribution is -2.42. The number of rotatable bonds is 5. The lowest BCUT2D eigenvalue weighted by atomic mass is 10.1. The Labute approximate surface area is 119 Å². The molecule has 1 saturated heterocycles. The molecule has 0 spiro atoms. The van der Waals surface area contributed by atoms with E-state index in [0.29, 0.717) is 38.3 Å². The van der Waals surface area contributed by atoms with Crippen LogP contribution in [0.25, 0.3) is 0 Å². The number of aliphatic hydroxyl groups excluding tert-OH is 1. The number of hydrogen-bond donors (Lipinski definition) is 1. The van der Waals surface area contributed by atoms with Crippen molar-refractivity contribution in [3.05, 3.63) is 24.3 Å². The van der Waals surface area contributed by atoms with Gasteiger partial charge in [0.25, 0.3) is 5.91 Å². The Morgan fingerprint density at radius 1 is 1.20 bits per heavy atom. The van der Waals surface area contributed by atoms with Crippen molar-refractivity contribution in [3.63, 3.8) is 0 Å². The van der Waals surface area contributed by atoms with Crippen molar-refractivity contribution in [1.82, 2.24) is 4.90 Å². The summed E-state index contributed by atoms with van der Waals surface area (Å²) in [5.41, 5.74) is 0. The maximum Gasteiger partial charge on any atom is 0.260 e. The minimum atomic E-state index is -0.272. The molecule has 2 rings (SSSR count). The number of aliphatic hydroxyl groups is 1. The molecule has 0 unspecified atom stereocenters. The van der Waals surface area contributed by atoms with Gasteiger partial charge in [-0.25, -0.2) is 0 Å². The average Bonchev–Trinajstić information content (AvgIpc) is 2.47. The van der Waals surface area contributed by atoms with Crippen LogP contribution in [0, 0.1) is 0 Å². The highest BCUT2D eigenvalue weighted by molar-refractivity contribution is 5.77. The van der Waals surface area contributed by atoms with Crippen molar-refractivity contribution < 1.29 is 19.4 Å². The standard InChI is InChI=1S/C15H21NO4/c1-2-19-13-3-5-14(6-4-13)20-11-15(18)16-9-7-12(17)8-10-16/h3-6,12,17H,2,7-11H2,1H3. The van der Waals surface area contributed by atoms with Gasteiger partial charge >= 0.3 is 0 Å². The van der Waals surface area contributed by atoms with Crippen LogP contribution in [0.3, 0.4) is 0 Å². The largest absolute Gasteiger partial charge is 0.494 e. The summed E-state index contributed by atoms with van der Waals surface area (Å²) in [5.74, 6) is 1.40. The van der Waals surface area contributed by atoms with E-state index >= 15 is 0 Å². The van der Waals surface area contributed by atoms with Crippen LogP contribution in [-0.2, 0) is 4.79 Å². The first-order valence-corrected chi connectivity index (χ1v) is 7.00. The fourth-order valence-electron chi connectivity index (χ4n) is 2.15. The van der Waals surface area contributed by atoms with E-state index in [0.717, 1.165) is 5.75 Å². The molecule has 5 nitrogen and oxygen atoms in total. The molecule has 1 fully saturated rings. The van der Waals surface area contributed by atoms with E-state index in [1.807, 2.05) is 19.1 Å². The summed E-state index contributed by atoms with van der Waals surface area (Å²) in [6, 6.07) is 7.22. The molecule has 1 amide bonds. The summed E-state index contributed by atoms with van der Waals surface area (Å²) in [7, 11) is 0. The van der Waals surface area contributed by atoms with Gasteiger partial charge in [0.1, 0.15) is 11.5 Å². The molecule has 1 aromatic rings. The maximum atomic E-state index is 11.9. The molecular formula is C15H21NO4. The zero-order valence-corrected chi connectivity index (χ0v) is 11.7. The number of likely N-dealkylation sites (tertiary alicyclic amines) is 1. The number of amides is 1. The smallest absolute Gasteiger partial charge is 0.260 e. The Bertz CT molecular complexity index is 424. The lowest BCUT2D eigenvalue weighted by molar-refractivity contribution is -0.135. The average molecular weight is 279 g/mol. The molecule has 0 aromatic heterocycles. The fourth-order valence-corrected chi connectivity index (χ4v) is 2.15. The minimum absolute atomic E-state index is 0.0318. The zero-order chi connectivity index (χ0) is 14.4. The second kappa shape index (κ2) is 7.14. The van der Waals surface area contributed by atoms with E-state index in [9.17, 15) is 9.90 Å². The van der Waals surface area contributed by atoms with Crippen LogP contribution in [0.4, 0.5) is 0 Å². The summed E-state index contributed by atoms with van der Waals surface area (Å²) in [6.45, 7) is 3.79. The van der Waals surface area contributed by atoms with Gasteiger partial charge in [-0.2, -0.15) is 0 Å². The number of ether oxygens (including phenoxy) is 2. The fraction of sp³-hybridized carbons (Fsp3) is 0.533. The third-order valence-electron chi connectivity index (χ3n) is 3.31. The molecule has 0 bridgehead atoms. The highest BCUT2D eigenvalue weighted by atomic mass is 16.5. The van der Waals surface area contributed by atoms with Crippen molar-refractivity contribution in [2.75, 3.05) is 26.3 Å². The number of piperidine rings is 1. The van der Waals surface area contributed by atoms with Crippen LogP contribution in [0.1, 0.15) is 19.8 Å². The van der Waals surface area contributed by atoms with Gasteiger partial charge in [0.2, 0.25) is 0 Å². The molecule has 1 heterocycles. The first-order chi connectivity index (χ1) is 9.69.